The van der Waals surface area contributed by atoms with Crippen LogP contribution in [0.2, 0.25) is 10.0 Å². The normalized spacial score (nSPS) is 22.5. The van der Waals surface area contributed by atoms with Crippen LogP contribution in [-0.4, -0.2) is 37.8 Å². The van der Waals surface area contributed by atoms with Crippen LogP contribution in [0.15, 0.2) is 71.2 Å². The van der Waals surface area contributed by atoms with Crippen molar-refractivity contribution in [2.24, 2.45) is 11.3 Å². The Labute approximate surface area is 285 Å². The highest BCUT2D eigenvalue weighted by atomic mass is 79.9. The third-order valence-electron chi connectivity index (χ3n) is 8.87. The Bertz CT molecular complexity index is 1670. The minimum absolute atomic E-state index is 0.00800. The molecule has 5 atom stereocenters. The summed E-state index contributed by atoms with van der Waals surface area (Å²) in [6.45, 7) is 9.32. The van der Waals surface area contributed by atoms with Gasteiger partial charge in [-0.05, 0) is 81.4 Å². The van der Waals surface area contributed by atoms with Crippen molar-refractivity contribution >= 4 is 60.6 Å². The van der Waals surface area contributed by atoms with Crippen molar-refractivity contribution in [2.75, 3.05) is 5.75 Å². The molecule has 4 rings (SSSR count). The van der Waals surface area contributed by atoms with Crippen molar-refractivity contribution in [3.8, 4) is 0 Å². The number of carbonyl (C=O) groups excluding carboxylic acids is 2. The molecular formula is C35H40BrCl2FN2O3S. The third-order valence-corrected chi connectivity index (χ3v) is 12.3. The first-order chi connectivity index (χ1) is 21.0. The summed E-state index contributed by atoms with van der Waals surface area (Å²) in [5, 5.41) is 0.711. The van der Waals surface area contributed by atoms with Gasteiger partial charge in [0.1, 0.15) is 11.6 Å². The van der Waals surface area contributed by atoms with Crippen LogP contribution in [0.3, 0.4) is 0 Å². The molecule has 0 spiro atoms. The number of piperidine rings is 1. The topological polar surface area (TPSA) is 78.3 Å². The lowest BCUT2D eigenvalue weighted by Crippen LogP contribution is -2.59. The van der Waals surface area contributed by atoms with Crippen LogP contribution in [0.5, 0.6) is 0 Å². The molecule has 0 aliphatic carbocycles. The second kappa shape index (κ2) is 14.2. The van der Waals surface area contributed by atoms with Gasteiger partial charge in [0, 0.05) is 49.8 Å². The van der Waals surface area contributed by atoms with Crippen molar-refractivity contribution in [3.63, 3.8) is 0 Å². The van der Waals surface area contributed by atoms with E-state index in [0.717, 1.165) is 11.1 Å². The summed E-state index contributed by atoms with van der Waals surface area (Å²) < 4.78 is 36.6. The van der Waals surface area contributed by atoms with Crippen molar-refractivity contribution in [3.05, 3.63) is 104 Å². The number of likely N-dealkylation sites (tertiary alicyclic amines) is 1. The first-order valence-corrected chi connectivity index (χ1v) is 18.4. The first kappa shape index (κ1) is 35.6. The number of rotatable bonds is 11. The maximum atomic E-state index is 14.9. The van der Waals surface area contributed by atoms with E-state index in [0.29, 0.717) is 22.0 Å². The average Bonchev–Trinajstić information content (AvgIpc) is 2.95. The fourth-order valence-electron chi connectivity index (χ4n) is 6.33. The van der Waals surface area contributed by atoms with Gasteiger partial charge in [0.25, 0.3) is 0 Å². The largest absolute Gasteiger partial charge is 0.330 e. The van der Waals surface area contributed by atoms with Crippen molar-refractivity contribution in [2.45, 2.75) is 77.1 Å². The van der Waals surface area contributed by atoms with E-state index in [1.54, 1.807) is 44.2 Å². The number of ketones is 1. The van der Waals surface area contributed by atoms with Crippen LogP contribution >= 0.6 is 39.1 Å². The number of nitrogens with zero attached hydrogens (tertiary/aromatic N) is 1. The number of nitrogens with one attached hydrogen (secondary N) is 1. The van der Waals surface area contributed by atoms with Crippen LogP contribution in [0.4, 0.5) is 4.39 Å². The zero-order valence-electron chi connectivity index (χ0n) is 26.2. The van der Waals surface area contributed by atoms with Crippen LogP contribution in [0.25, 0.3) is 0 Å². The highest BCUT2D eigenvalue weighted by molar-refractivity contribution is 9.10. The fraction of sp³-hybridized carbons (Fsp3) is 0.429. The maximum absolute atomic E-state index is 14.9. The van der Waals surface area contributed by atoms with E-state index >= 15 is 0 Å². The zero-order chi connectivity index (χ0) is 33.3. The van der Waals surface area contributed by atoms with Gasteiger partial charge in [0.05, 0.1) is 21.7 Å². The molecule has 1 aliphatic heterocycles. The van der Waals surface area contributed by atoms with E-state index in [2.05, 4.69) is 15.9 Å². The minimum atomic E-state index is -3.06. The molecule has 45 heavy (non-hydrogen) atoms. The van der Waals surface area contributed by atoms with Gasteiger partial charge < -0.3 is 4.90 Å². The lowest BCUT2D eigenvalue weighted by molar-refractivity contribution is -0.157. The molecule has 242 valence electrons. The molecule has 0 bridgehead atoms. The maximum Gasteiger partial charge on any atom is 0.229 e. The summed E-state index contributed by atoms with van der Waals surface area (Å²) in [6.07, 6.45) is 0.374. The molecule has 1 amide bonds. The van der Waals surface area contributed by atoms with Crippen molar-refractivity contribution in [1.29, 1.82) is 4.78 Å². The number of carbonyl (C=O) groups is 2. The number of hydrogen-bond acceptors (Lipinski definition) is 4. The molecule has 1 N–H and O–H groups in total. The first-order valence-electron chi connectivity index (χ1n) is 15.1. The molecule has 5 nitrogen and oxygen atoms in total. The molecule has 0 radical (unpaired) electrons. The second-order valence-electron chi connectivity index (χ2n) is 13.0. The van der Waals surface area contributed by atoms with Crippen LogP contribution in [0.1, 0.15) is 76.1 Å². The Morgan fingerprint density at radius 1 is 1.04 bits per heavy atom. The van der Waals surface area contributed by atoms with Gasteiger partial charge in [-0.1, -0.05) is 88.2 Å². The van der Waals surface area contributed by atoms with Crippen molar-refractivity contribution < 1.29 is 18.2 Å². The van der Waals surface area contributed by atoms with Gasteiger partial charge in [-0.15, -0.1) is 0 Å². The lowest BCUT2D eigenvalue weighted by Gasteiger charge is -2.53. The molecule has 1 heterocycles. The highest BCUT2D eigenvalue weighted by Gasteiger charge is 2.53. The van der Waals surface area contributed by atoms with Crippen LogP contribution in [0, 0.1) is 21.9 Å². The predicted molar refractivity (Wildman–Crippen MR) is 185 cm³/mol. The van der Waals surface area contributed by atoms with E-state index in [-0.39, 0.29) is 46.6 Å². The third kappa shape index (κ3) is 8.19. The zero-order valence-corrected chi connectivity index (χ0v) is 30.1. The molecule has 1 unspecified atom stereocenters. The summed E-state index contributed by atoms with van der Waals surface area (Å²) in [7, 11) is -3.06. The summed E-state index contributed by atoms with van der Waals surface area (Å²) >= 11 is 16.0. The minimum Gasteiger partial charge on any atom is -0.330 e. The smallest absolute Gasteiger partial charge is 0.229 e. The number of hydrogen-bond donors (Lipinski definition) is 1. The number of benzene rings is 3. The summed E-state index contributed by atoms with van der Waals surface area (Å²) in [5.41, 5.74) is 1.30. The molecule has 1 fully saturated rings. The SMILES string of the molecule is CC(C)[C@@H](CS(=N)(=O)C(C)C)N1C(=O)[C@@](C)(CC(=O)Cc2ccc(F)c(Br)c2)C[C@H](c2cccc(Cl)c2)[C@H]1c1ccc(Cl)cc1. The number of amides is 1. The predicted octanol–water partition coefficient (Wildman–Crippen LogP) is 9.64. The average molecular weight is 739 g/mol. The van der Waals surface area contributed by atoms with E-state index in [1.807, 2.05) is 56.0 Å². The van der Waals surface area contributed by atoms with Crippen LogP contribution < -0.4 is 0 Å². The summed E-state index contributed by atoms with van der Waals surface area (Å²) in [4.78, 5) is 30.4. The molecular weight excluding hydrogens is 698 g/mol. The van der Waals surface area contributed by atoms with E-state index < -0.39 is 38.3 Å². The molecule has 1 aliphatic rings. The molecule has 10 heteroatoms. The molecule has 3 aromatic rings. The van der Waals surface area contributed by atoms with Crippen molar-refractivity contribution in [1.82, 2.24) is 4.90 Å². The quantitative estimate of drug-likeness (QED) is 0.213. The molecule has 0 aromatic heterocycles. The van der Waals surface area contributed by atoms with Gasteiger partial charge in [0.15, 0.2) is 0 Å². The molecule has 0 saturated carbocycles. The Balaban J connectivity index is 1.87. The van der Waals surface area contributed by atoms with Gasteiger partial charge in [-0.3, -0.25) is 14.4 Å². The van der Waals surface area contributed by atoms with Crippen LogP contribution in [-0.2, 0) is 25.7 Å². The number of Topliss-reactive ketones (excluding diaryl/α,β-unsaturated/α-hetero) is 1. The monoisotopic (exact) mass is 736 g/mol. The second-order valence-corrected chi connectivity index (χ2v) is 17.5. The lowest BCUT2D eigenvalue weighted by atomic mass is 9.66. The Morgan fingerprint density at radius 2 is 1.71 bits per heavy atom. The highest BCUT2D eigenvalue weighted by Crippen LogP contribution is 2.53. The fourth-order valence-corrected chi connectivity index (χ4v) is 8.51. The van der Waals surface area contributed by atoms with Gasteiger partial charge in [-0.25, -0.2) is 8.60 Å². The Morgan fingerprint density at radius 3 is 2.29 bits per heavy atom. The molecule has 3 aromatic carbocycles. The molecule has 1 saturated heterocycles. The van der Waals surface area contributed by atoms with Gasteiger partial charge >= 0.3 is 0 Å². The standard InChI is InChI=1S/C35H40BrCl2FN2O3S/c1-21(2)32(20-45(40,44)22(3)4)41-33(24-10-12-26(37)13-11-24)29(25-7-6-8-27(38)17-25)19-35(5,34(41)43)18-28(42)15-23-9-14-31(39)30(36)16-23/h6-14,16-17,21-22,29,32-33,40H,15,18-20H2,1-5H3/t29-,32-,33-,35+,45?/m1/s1. The van der Waals surface area contributed by atoms with Gasteiger partial charge in [0.2, 0.25) is 5.91 Å². The van der Waals surface area contributed by atoms with E-state index in [1.165, 1.54) is 6.07 Å². The Hall–Kier alpha value is -2.26. The number of halogens is 4. The summed E-state index contributed by atoms with van der Waals surface area (Å²) in [5.74, 6) is -1.18. The van der Waals surface area contributed by atoms with Gasteiger partial charge in [-0.2, -0.15) is 0 Å². The Kier molecular flexibility index (Phi) is 11.3. The van der Waals surface area contributed by atoms with E-state index in [9.17, 15) is 18.2 Å². The van der Waals surface area contributed by atoms with E-state index in [4.69, 9.17) is 28.0 Å². The summed E-state index contributed by atoms with van der Waals surface area (Å²) in [6, 6.07) is 18.4.